The van der Waals surface area contributed by atoms with Crippen molar-refractivity contribution in [3.8, 4) is 22.4 Å². The van der Waals surface area contributed by atoms with E-state index in [0.717, 1.165) is 46.5 Å². The Balaban J connectivity index is 1.30. The first-order chi connectivity index (χ1) is 16.2. The molecule has 5 aromatic rings. The van der Waals surface area contributed by atoms with Crippen molar-refractivity contribution in [1.29, 1.82) is 0 Å². The number of H-pyrrole nitrogens is 1. The van der Waals surface area contributed by atoms with Crippen LogP contribution in [0.3, 0.4) is 0 Å². The third-order valence-electron chi connectivity index (χ3n) is 7.51. The second-order valence-corrected chi connectivity index (χ2v) is 9.40. The second kappa shape index (κ2) is 6.89. The van der Waals surface area contributed by atoms with Gasteiger partial charge in [0.25, 0.3) is 0 Å². The fourth-order valence-electron chi connectivity index (χ4n) is 5.78. The summed E-state index contributed by atoms with van der Waals surface area (Å²) in [6.07, 6.45) is 6.94. The van der Waals surface area contributed by atoms with Crippen LogP contribution in [0, 0.1) is 6.92 Å². The van der Waals surface area contributed by atoms with Crippen molar-refractivity contribution in [2.45, 2.75) is 25.4 Å². The topological polar surface area (TPSA) is 65.3 Å². The Morgan fingerprint density at radius 3 is 2.73 bits per heavy atom. The maximum absolute atomic E-state index is 4.75. The number of hydrogen-bond donors (Lipinski definition) is 1. The lowest BCUT2D eigenvalue weighted by atomic mass is 10.0. The second-order valence-electron chi connectivity index (χ2n) is 9.40. The molecule has 2 aliphatic rings. The van der Waals surface area contributed by atoms with E-state index in [9.17, 15) is 0 Å². The molecule has 2 unspecified atom stereocenters. The summed E-state index contributed by atoms with van der Waals surface area (Å²) < 4.78 is 1.96. The fourth-order valence-corrected chi connectivity index (χ4v) is 5.78. The molecule has 2 aromatic carbocycles. The molecule has 0 amide bonds. The molecule has 2 aliphatic heterocycles. The highest BCUT2D eigenvalue weighted by molar-refractivity contribution is 5.97. The minimum absolute atomic E-state index is 0.636. The van der Waals surface area contributed by atoms with E-state index < -0.39 is 0 Å². The van der Waals surface area contributed by atoms with Crippen LogP contribution in [-0.4, -0.2) is 61.9 Å². The molecule has 0 saturated carbocycles. The lowest BCUT2D eigenvalue weighted by Crippen LogP contribution is -2.44. The summed E-state index contributed by atoms with van der Waals surface area (Å²) in [6, 6.07) is 16.4. The SMILES string of the molecule is Cc1cc(N2CC3CC2CN3C)ccc1-c1ccnc2c(-c3cccc4[nH]ncc34)cnn12. The van der Waals surface area contributed by atoms with Crippen molar-refractivity contribution in [2.75, 3.05) is 25.0 Å². The fraction of sp³-hybridized carbons (Fsp3) is 0.269. The zero-order chi connectivity index (χ0) is 22.1. The Morgan fingerprint density at radius 1 is 0.970 bits per heavy atom. The molecule has 0 spiro atoms. The van der Waals surface area contributed by atoms with Crippen molar-refractivity contribution in [2.24, 2.45) is 0 Å². The number of benzene rings is 2. The zero-order valence-corrected chi connectivity index (χ0v) is 18.7. The normalized spacial score (nSPS) is 20.5. The number of nitrogens with zero attached hydrogens (tertiary/aromatic N) is 6. The molecule has 2 fully saturated rings. The van der Waals surface area contributed by atoms with Crippen molar-refractivity contribution in [3.63, 3.8) is 0 Å². The van der Waals surface area contributed by atoms with E-state index in [0.29, 0.717) is 12.1 Å². The summed E-state index contributed by atoms with van der Waals surface area (Å²) in [5, 5.41) is 13.1. The van der Waals surface area contributed by atoms with Gasteiger partial charge < -0.3 is 4.90 Å². The lowest BCUT2D eigenvalue weighted by Gasteiger charge is -2.34. The largest absolute Gasteiger partial charge is 0.366 e. The smallest absolute Gasteiger partial charge is 0.163 e. The predicted octanol–water partition coefficient (Wildman–Crippen LogP) is 4.14. The summed E-state index contributed by atoms with van der Waals surface area (Å²) in [4.78, 5) is 9.78. The summed E-state index contributed by atoms with van der Waals surface area (Å²) in [5.74, 6) is 0. The van der Waals surface area contributed by atoms with E-state index >= 15 is 0 Å². The third-order valence-corrected chi connectivity index (χ3v) is 7.51. The molecule has 164 valence electrons. The maximum atomic E-state index is 4.75. The van der Waals surface area contributed by atoms with E-state index in [1.54, 1.807) is 0 Å². The molecule has 5 heterocycles. The number of aromatic nitrogens is 5. The summed E-state index contributed by atoms with van der Waals surface area (Å²) in [7, 11) is 2.25. The van der Waals surface area contributed by atoms with Crippen LogP contribution >= 0.6 is 0 Å². The van der Waals surface area contributed by atoms with Gasteiger partial charge in [-0.15, -0.1) is 0 Å². The molecule has 0 radical (unpaired) electrons. The Hall–Kier alpha value is -3.71. The monoisotopic (exact) mass is 435 g/mol. The van der Waals surface area contributed by atoms with Crippen molar-refractivity contribution in [1.82, 2.24) is 29.7 Å². The van der Waals surface area contributed by atoms with Gasteiger partial charge in [0.1, 0.15) is 0 Å². The molecule has 33 heavy (non-hydrogen) atoms. The van der Waals surface area contributed by atoms with Gasteiger partial charge in [-0.3, -0.25) is 10.00 Å². The summed E-state index contributed by atoms with van der Waals surface area (Å²) >= 11 is 0. The molecule has 2 saturated heterocycles. The van der Waals surface area contributed by atoms with Gasteiger partial charge in [-0.25, -0.2) is 9.50 Å². The van der Waals surface area contributed by atoms with Gasteiger partial charge >= 0.3 is 0 Å². The molecule has 1 N–H and O–H groups in total. The minimum atomic E-state index is 0.636. The number of piperazine rings is 1. The van der Waals surface area contributed by atoms with E-state index in [-0.39, 0.29) is 0 Å². The number of aryl methyl sites for hydroxylation is 1. The number of fused-ring (bicyclic) bond motifs is 4. The number of likely N-dealkylation sites (N-methyl/N-ethyl adjacent to an activating group) is 1. The standard InChI is InChI=1S/C26H25N7/c1-16-10-17(32-15-18-11-19(32)14-31(18)2)6-7-20(16)25-8-9-27-26-23(13-29-33(25)26)21-4-3-5-24-22(21)12-28-30-24/h3-10,12-13,18-19H,11,14-15H2,1-2H3,(H,28,30). The number of rotatable bonds is 3. The lowest BCUT2D eigenvalue weighted by molar-refractivity contribution is 0.292. The molecule has 7 nitrogen and oxygen atoms in total. The van der Waals surface area contributed by atoms with Gasteiger partial charge in [-0.2, -0.15) is 10.2 Å². The maximum Gasteiger partial charge on any atom is 0.163 e. The minimum Gasteiger partial charge on any atom is -0.366 e. The van der Waals surface area contributed by atoms with Crippen LogP contribution in [0.5, 0.6) is 0 Å². The highest BCUT2D eigenvalue weighted by Crippen LogP contribution is 2.36. The van der Waals surface area contributed by atoms with Gasteiger partial charge in [0, 0.05) is 53.6 Å². The molecule has 2 atom stereocenters. The molecule has 2 bridgehead atoms. The van der Waals surface area contributed by atoms with Crippen LogP contribution in [0.25, 0.3) is 38.9 Å². The molecule has 3 aromatic heterocycles. The molecule has 0 aliphatic carbocycles. The van der Waals surface area contributed by atoms with Crippen molar-refractivity contribution in [3.05, 3.63) is 66.6 Å². The number of nitrogens with one attached hydrogen (secondary N) is 1. The summed E-state index contributed by atoms with van der Waals surface area (Å²) in [6.45, 7) is 4.49. The predicted molar refractivity (Wildman–Crippen MR) is 130 cm³/mol. The first-order valence-electron chi connectivity index (χ1n) is 11.5. The van der Waals surface area contributed by atoms with E-state index in [2.05, 4.69) is 64.3 Å². The highest BCUT2D eigenvalue weighted by Gasteiger charge is 2.41. The van der Waals surface area contributed by atoms with Crippen molar-refractivity contribution < 1.29 is 0 Å². The van der Waals surface area contributed by atoms with Gasteiger partial charge in [0.15, 0.2) is 5.65 Å². The van der Waals surface area contributed by atoms with Crippen LogP contribution in [0.1, 0.15) is 12.0 Å². The molecular formula is C26H25N7. The van der Waals surface area contributed by atoms with Crippen LogP contribution in [0.15, 0.2) is 61.1 Å². The average molecular weight is 436 g/mol. The van der Waals surface area contributed by atoms with Crippen LogP contribution in [-0.2, 0) is 0 Å². The number of anilines is 1. The van der Waals surface area contributed by atoms with E-state index in [1.807, 2.05) is 35.2 Å². The summed E-state index contributed by atoms with van der Waals surface area (Å²) in [5.41, 5.74) is 8.78. The number of aromatic amines is 1. The first-order valence-corrected chi connectivity index (χ1v) is 11.5. The Morgan fingerprint density at radius 2 is 1.91 bits per heavy atom. The van der Waals surface area contributed by atoms with Gasteiger partial charge in [0.05, 0.1) is 23.6 Å². The number of likely N-dealkylation sites (tertiary alicyclic amines) is 1. The van der Waals surface area contributed by atoms with E-state index in [1.165, 1.54) is 23.2 Å². The Bertz CT molecular complexity index is 1510. The van der Waals surface area contributed by atoms with Crippen LogP contribution in [0.2, 0.25) is 0 Å². The average Bonchev–Trinajstić information content (AvgIpc) is 3.61. The Labute approximate surface area is 191 Å². The zero-order valence-electron chi connectivity index (χ0n) is 18.7. The third kappa shape index (κ3) is 2.75. The van der Waals surface area contributed by atoms with Crippen LogP contribution < -0.4 is 4.90 Å². The van der Waals surface area contributed by atoms with Gasteiger partial charge in [-0.05, 0) is 55.8 Å². The molecular weight excluding hydrogens is 410 g/mol. The molecule has 7 heteroatoms. The highest BCUT2D eigenvalue weighted by atomic mass is 15.3. The quantitative estimate of drug-likeness (QED) is 0.461. The van der Waals surface area contributed by atoms with Gasteiger partial charge in [-0.1, -0.05) is 18.2 Å². The van der Waals surface area contributed by atoms with Crippen LogP contribution in [0.4, 0.5) is 5.69 Å². The van der Waals surface area contributed by atoms with Crippen molar-refractivity contribution >= 4 is 22.2 Å². The Kier molecular flexibility index (Phi) is 3.93. The first kappa shape index (κ1) is 18.8. The van der Waals surface area contributed by atoms with E-state index in [4.69, 9.17) is 10.1 Å². The molecule has 7 rings (SSSR count). The van der Waals surface area contributed by atoms with Gasteiger partial charge in [0.2, 0.25) is 0 Å². The number of hydrogen-bond acceptors (Lipinski definition) is 5.